The van der Waals surface area contributed by atoms with Crippen LogP contribution in [0.5, 0.6) is 0 Å². The van der Waals surface area contributed by atoms with Crippen LogP contribution in [0, 0.1) is 5.92 Å². The lowest BCUT2D eigenvalue weighted by Gasteiger charge is -1.99. The second-order valence-corrected chi connectivity index (χ2v) is 2.26. The van der Waals surface area contributed by atoms with Crippen molar-refractivity contribution in [2.45, 2.75) is 6.04 Å². The summed E-state index contributed by atoms with van der Waals surface area (Å²) in [7, 11) is 0. The Balaban J connectivity index is 2.33. The number of imide groups is 1. The van der Waals surface area contributed by atoms with Crippen molar-refractivity contribution in [3.8, 4) is 0 Å². The lowest BCUT2D eigenvalue weighted by molar-refractivity contribution is -0.125. The smallest absolute Gasteiger partial charge is 0.251 e. The maximum absolute atomic E-state index is 10.8. The van der Waals surface area contributed by atoms with E-state index in [1.807, 2.05) is 0 Å². The lowest BCUT2D eigenvalue weighted by atomic mass is 10.1. The number of carbonyl (C=O) groups is 2. The molecule has 2 N–H and O–H groups in total. The largest absolute Gasteiger partial charge is 0.297 e. The average Bonchev–Trinajstić information content (AvgIpc) is 2.39. The molecule has 1 fully saturated rings. The predicted molar refractivity (Wildman–Crippen MR) is 32.1 cm³/mol. The van der Waals surface area contributed by atoms with Gasteiger partial charge in [-0.1, -0.05) is 0 Å². The number of rotatable bonds is 0. The zero-order chi connectivity index (χ0) is 7.14. The summed E-state index contributed by atoms with van der Waals surface area (Å²) in [6.07, 6.45) is 1.45. The highest BCUT2D eigenvalue weighted by atomic mass is 16.2. The molecule has 0 radical (unpaired) electrons. The van der Waals surface area contributed by atoms with Crippen molar-refractivity contribution in [1.29, 1.82) is 0 Å². The van der Waals surface area contributed by atoms with Gasteiger partial charge in [0.15, 0.2) is 0 Å². The molecule has 2 rings (SSSR count). The number of hydrogen-bond acceptors (Lipinski definition) is 4. The van der Waals surface area contributed by atoms with E-state index in [2.05, 4.69) is 15.8 Å². The van der Waals surface area contributed by atoms with Gasteiger partial charge >= 0.3 is 0 Å². The molecule has 0 aliphatic carbocycles. The van der Waals surface area contributed by atoms with Crippen LogP contribution >= 0.6 is 0 Å². The summed E-state index contributed by atoms with van der Waals surface area (Å²) in [5.74, 6) is -0.927. The Morgan fingerprint density at radius 2 is 2.20 bits per heavy atom. The standard InChI is InChI=1S/C5H5N3O2/c9-4-2-1-6-8-3(2)5(10)7-4/h1-3,8H,(H,7,9,10). The molecule has 2 aliphatic heterocycles. The number of carbonyl (C=O) groups excluding carboxylic acids is 2. The second-order valence-electron chi connectivity index (χ2n) is 2.26. The van der Waals surface area contributed by atoms with E-state index in [0.29, 0.717) is 0 Å². The summed E-state index contributed by atoms with van der Waals surface area (Å²) >= 11 is 0. The zero-order valence-electron chi connectivity index (χ0n) is 5.00. The first-order valence-corrected chi connectivity index (χ1v) is 2.92. The number of hydrogen-bond donors (Lipinski definition) is 2. The maximum Gasteiger partial charge on any atom is 0.251 e. The van der Waals surface area contributed by atoms with E-state index >= 15 is 0 Å². The van der Waals surface area contributed by atoms with Crippen molar-refractivity contribution in [2.75, 3.05) is 0 Å². The minimum atomic E-state index is -0.451. The fourth-order valence-corrected chi connectivity index (χ4v) is 1.09. The molecule has 2 aliphatic rings. The van der Waals surface area contributed by atoms with Crippen molar-refractivity contribution >= 4 is 18.0 Å². The highest BCUT2D eigenvalue weighted by molar-refractivity contribution is 6.14. The Morgan fingerprint density at radius 3 is 2.90 bits per heavy atom. The van der Waals surface area contributed by atoms with Crippen molar-refractivity contribution in [3.05, 3.63) is 0 Å². The summed E-state index contributed by atoms with van der Waals surface area (Å²) in [5, 5.41) is 5.80. The lowest BCUT2D eigenvalue weighted by Crippen LogP contribution is -2.32. The first-order chi connectivity index (χ1) is 4.79. The fourth-order valence-electron chi connectivity index (χ4n) is 1.09. The average molecular weight is 139 g/mol. The Hall–Kier alpha value is -1.39. The number of nitrogens with one attached hydrogen (secondary N) is 2. The second kappa shape index (κ2) is 1.56. The monoisotopic (exact) mass is 139 g/mol. The van der Waals surface area contributed by atoms with Crippen LogP contribution in [0.2, 0.25) is 0 Å². The number of hydrazone groups is 1. The van der Waals surface area contributed by atoms with E-state index < -0.39 is 6.04 Å². The van der Waals surface area contributed by atoms with Gasteiger partial charge in [-0.2, -0.15) is 5.10 Å². The van der Waals surface area contributed by atoms with Crippen LogP contribution in [0.3, 0.4) is 0 Å². The van der Waals surface area contributed by atoms with Crippen LogP contribution in [-0.4, -0.2) is 24.1 Å². The molecule has 2 atom stereocenters. The molecule has 52 valence electrons. The molecule has 10 heavy (non-hydrogen) atoms. The third kappa shape index (κ3) is 0.490. The topological polar surface area (TPSA) is 70.6 Å². The van der Waals surface area contributed by atoms with Crippen LogP contribution in [0.25, 0.3) is 0 Å². The Labute approximate surface area is 56.5 Å². The summed E-state index contributed by atoms with van der Waals surface area (Å²) in [4.78, 5) is 21.6. The Kier molecular flexibility index (Phi) is 0.841. The highest BCUT2D eigenvalue weighted by Gasteiger charge is 2.43. The third-order valence-corrected chi connectivity index (χ3v) is 1.64. The van der Waals surface area contributed by atoms with Crippen LogP contribution < -0.4 is 10.7 Å². The Bertz CT molecular complexity index is 235. The summed E-state index contributed by atoms with van der Waals surface area (Å²) in [6.45, 7) is 0. The normalized spacial score (nSPS) is 35.6. The molecule has 2 heterocycles. The molecular weight excluding hydrogens is 134 g/mol. The van der Waals surface area contributed by atoms with Crippen molar-refractivity contribution in [1.82, 2.24) is 10.7 Å². The molecule has 1 saturated heterocycles. The predicted octanol–water partition coefficient (Wildman–Crippen LogP) is -1.78. The number of fused-ring (bicyclic) bond motifs is 1. The number of amides is 2. The van der Waals surface area contributed by atoms with E-state index in [1.54, 1.807) is 0 Å². The maximum atomic E-state index is 10.8. The van der Waals surface area contributed by atoms with E-state index in [-0.39, 0.29) is 17.7 Å². The third-order valence-electron chi connectivity index (χ3n) is 1.64. The van der Waals surface area contributed by atoms with Crippen LogP contribution in [0.4, 0.5) is 0 Å². The van der Waals surface area contributed by atoms with Gasteiger partial charge in [0, 0.05) is 6.21 Å². The molecule has 5 nitrogen and oxygen atoms in total. The van der Waals surface area contributed by atoms with E-state index in [0.717, 1.165) is 0 Å². The van der Waals surface area contributed by atoms with Crippen molar-refractivity contribution < 1.29 is 9.59 Å². The summed E-state index contributed by atoms with van der Waals surface area (Å²) < 4.78 is 0. The van der Waals surface area contributed by atoms with Gasteiger partial charge < -0.3 is 0 Å². The minimum absolute atomic E-state index is 0.260. The van der Waals surface area contributed by atoms with Gasteiger partial charge in [-0.25, -0.2) is 0 Å². The molecule has 0 spiro atoms. The fraction of sp³-hybridized carbons (Fsp3) is 0.400. The van der Waals surface area contributed by atoms with Gasteiger partial charge in [-0.05, 0) is 0 Å². The van der Waals surface area contributed by atoms with Crippen molar-refractivity contribution in [2.24, 2.45) is 11.0 Å². The number of nitrogens with zero attached hydrogens (tertiary/aromatic N) is 1. The summed E-state index contributed by atoms with van der Waals surface area (Å²) in [6, 6.07) is -0.451. The van der Waals surface area contributed by atoms with Crippen molar-refractivity contribution in [3.63, 3.8) is 0 Å². The molecule has 2 unspecified atom stereocenters. The van der Waals surface area contributed by atoms with E-state index in [9.17, 15) is 9.59 Å². The highest BCUT2D eigenvalue weighted by Crippen LogP contribution is 2.13. The molecule has 0 saturated carbocycles. The van der Waals surface area contributed by atoms with Crippen LogP contribution in [0.15, 0.2) is 5.10 Å². The SMILES string of the molecule is O=C1NC(=O)C2NN=CC12. The quantitative estimate of drug-likeness (QED) is 0.390. The van der Waals surface area contributed by atoms with Crippen LogP contribution in [0.1, 0.15) is 0 Å². The van der Waals surface area contributed by atoms with Gasteiger partial charge in [-0.3, -0.25) is 20.3 Å². The molecule has 5 heteroatoms. The van der Waals surface area contributed by atoms with E-state index in [4.69, 9.17) is 0 Å². The summed E-state index contributed by atoms with van der Waals surface area (Å²) in [5.41, 5.74) is 2.54. The van der Waals surface area contributed by atoms with Gasteiger partial charge in [0.2, 0.25) is 5.91 Å². The van der Waals surface area contributed by atoms with Gasteiger partial charge in [0.25, 0.3) is 5.91 Å². The molecule has 0 aromatic carbocycles. The van der Waals surface area contributed by atoms with Gasteiger partial charge in [0.1, 0.15) is 12.0 Å². The van der Waals surface area contributed by atoms with Gasteiger partial charge in [-0.15, -0.1) is 0 Å². The first kappa shape index (κ1) is 5.40. The Morgan fingerprint density at radius 1 is 1.40 bits per heavy atom. The van der Waals surface area contributed by atoms with Crippen LogP contribution in [-0.2, 0) is 9.59 Å². The zero-order valence-corrected chi connectivity index (χ0v) is 5.00. The van der Waals surface area contributed by atoms with Gasteiger partial charge in [0.05, 0.1) is 0 Å². The molecule has 0 aromatic heterocycles. The minimum Gasteiger partial charge on any atom is -0.297 e. The van der Waals surface area contributed by atoms with E-state index in [1.165, 1.54) is 6.21 Å². The molecule has 2 amide bonds. The molecule has 0 aromatic rings. The first-order valence-electron chi connectivity index (χ1n) is 2.92. The molecular formula is C5H5N3O2. The molecule has 0 bridgehead atoms.